The first kappa shape index (κ1) is 16.4. The van der Waals surface area contributed by atoms with E-state index in [0.29, 0.717) is 24.1 Å². The van der Waals surface area contributed by atoms with Crippen molar-refractivity contribution in [1.82, 2.24) is 15.1 Å². The molecule has 2 bridgehead atoms. The zero-order valence-corrected chi connectivity index (χ0v) is 13.6. The van der Waals surface area contributed by atoms with Crippen molar-refractivity contribution < 1.29 is 13.9 Å². The minimum Gasteiger partial charge on any atom is -0.388 e. The molecule has 0 spiro atoms. The molecule has 4 rings (SSSR count). The topological polar surface area (TPSA) is 67.2 Å². The molecular weight excluding hydrogens is 328 g/mol. The van der Waals surface area contributed by atoms with Gasteiger partial charge in [0.2, 0.25) is 0 Å². The maximum absolute atomic E-state index is 13.5. The third-order valence-electron chi connectivity index (χ3n) is 5.11. The third kappa shape index (κ3) is 3.21. The maximum Gasteiger partial charge on any atom is 0.266 e. The Labute approximate surface area is 143 Å². The first-order valence-electron chi connectivity index (χ1n) is 8.44. The highest BCUT2D eigenvalue weighted by Gasteiger charge is 2.42. The van der Waals surface area contributed by atoms with Gasteiger partial charge in [0.15, 0.2) is 11.6 Å². The van der Waals surface area contributed by atoms with Crippen LogP contribution in [0.2, 0.25) is 0 Å². The zero-order chi connectivity index (χ0) is 17.6. The fourth-order valence-electron chi connectivity index (χ4n) is 4.00. The van der Waals surface area contributed by atoms with Crippen molar-refractivity contribution >= 4 is 0 Å². The van der Waals surface area contributed by atoms with Crippen LogP contribution in [0.3, 0.4) is 0 Å². The van der Waals surface area contributed by atoms with Gasteiger partial charge >= 0.3 is 0 Å². The highest BCUT2D eigenvalue weighted by Crippen LogP contribution is 2.34. The summed E-state index contributed by atoms with van der Waals surface area (Å²) in [4.78, 5) is 12.2. The van der Waals surface area contributed by atoms with Gasteiger partial charge in [-0.15, -0.1) is 0 Å². The quantitative estimate of drug-likeness (QED) is 0.889. The summed E-state index contributed by atoms with van der Waals surface area (Å²) < 4.78 is 27.8. The molecule has 7 heteroatoms. The normalized spacial score (nSPS) is 28.3. The first-order valence-corrected chi connectivity index (χ1v) is 8.44. The average Bonchev–Trinajstić information content (AvgIpc) is 2.91. The van der Waals surface area contributed by atoms with Gasteiger partial charge < -0.3 is 10.4 Å². The molecule has 132 valence electrons. The van der Waals surface area contributed by atoms with Crippen molar-refractivity contribution in [3.63, 3.8) is 0 Å². The Hall–Kier alpha value is -2.12. The molecule has 0 unspecified atom stereocenters. The van der Waals surface area contributed by atoms with Crippen molar-refractivity contribution in [2.24, 2.45) is 0 Å². The second-order valence-corrected chi connectivity index (χ2v) is 7.11. The standard InChI is InChI=1S/C18H19F2N3O2/c19-14-4-1-11(7-15(14)20)16-5-6-17(24)23(22-16)10-18(25)8-12-2-3-13(9-18)21-12/h1,4-7,12-13,21,25H,2-3,8-10H2/t12-,13-/m0/s1. The fourth-order valence-corrected chi connectivity index (χ4v) is 4.00. The number of fused-ring (bicyclic) bond motifs is 2. The molecule has 0 aliphatic carbocycles. The molecule has 0 saturated carbocycles. The van der Waals surface area contributed by atoms with Gasteiger partial charge in [-0.2, -0.15) is 5.10 Å². The van der Waals surface area contributed by atoms with Crippen LogP contribution in [-0.2, 0) is 6.54 Å². The lowest BCUT2D eigenvalue weighted by Crippen LogP contribution is -2.51. The molecule has 0 radical (unpaired) electrons. The van der Waals surface area contributed by atoms with Crippen LogP contribution in [0, 0.1) is 11.6 Å². The highest BCUT2D eigenvalue weighted by atomic mass is 19.2. The van der Waals surface area contributed by atoms with Crippen molar-refractivity contribution in [2.45, 2.75) is 49.9 Å². The number of aromatic nitrogens is 2. The number of halogens is 2. The van der Waals surface area contributed by atoms with Crippen LogP contribution < -0.4 is 10.9 Å². The monoisotopic (exact) mass is 347 g/mol. The number of benzene rings is 1. The summed E-state index contributed by atoms with van der Waals surface area (Å²) in [5.74, 6) is -1.90. The number of aliphatic hydroxyl groups is 1. The van der Waals surface area contributed by atoms with E-state index in [9.17, 15) is 18.7 Å². The van der Waals surface area contributed by atoms with Gasteiger partial charge in [-0.1, -0.05) is 0 Å². The summed E-state index contributed by atoms with van der Waals surface area (Å²) in [7, 11) is 0. The molecule has 2 N–H and O–H groups in total. The lowest BCUT2D eigenvalue weighted by molar-refractivity contribution is -0.0249. The van der Waals surface area contributed by atoms with E-state index in [2.05, 4.69) is 10.4 Å². The third-order valence-corrected chi connectivity index (χ3v) is 5.11. The summed E-state index contributed by atoms with van der Waals surface area (Å²) in [6, 6.07) is 6.84. The van der Waals surface area contributed by atoms with Crippen molar-refractivity contribution in [3.8, 4) is 11.3 Å². The van der Waals surface area contributed by atoms with E-state index in [0.717, 1.165) is 25.0 Å². The minimum absolute atomic E-state index is 0.0953. The van der Waals surface area contributed by atoms with Gasteiger partial charge in [0.25, 0.3) is 5.56 Å². The van der Waals surface area contributed by atoms with Crippen LogP contribution in [0.25, 0.3) is 11.3 Å². The van der Waals surface area contributed by atoms with Gasteiger partial charge in [-0.05, 0) is 49.9 Å². The van der Waals surface area contributed by atoms with Crippen LogP contribution in [0.1, 0.15) is 25.7 Å². The molecule has 2 saturated heterocycles. The fraction of sp³-hybridized carbons (Fsp3) is 0.444. The van der Waals surface area contributed by atoms with Crippen molar-refractivity contribution in [3.05, 3.63) is 52.3 Å². The number of hydrogen-bond donors (Lipinski definition) is 2. The summed E-state index contributed by atoms with van der Waals surface area (Å²) in [5, 5.41) is 18.6. The molecule has 25 heavy (non-hydrogen) atoms. The second-order valence-electron chi connectivity index (χ2n) is 7.11. The molecule has 2 fully saturated rings. The SMILES string of the molecule is O=c1ccc(-c2ccc(F)c(F)c2)nn1CC1(O)C[C@@H]2CC[C@@H](C1)N2. The van der Waals surface area contributed by atoms with Gasteiger partial charge in [-0.3, -0.25) is 4.79 Å². The maximum atomic E-state index is 13.5. The van der Waals surface area contributed by atoms with E-state index in [4.69, 9.17) is 0 Å². The molecule has 0 amide bonds. The Morgan fingerprint density at radius 2 is 1.88 bits per heavy atom. The Balaban J connectivity index is 1.64. The predicted molar refractivity (Wildman–Crippen MR) is 88.0 cm³/mol. The molecule has 5 nitrogen and oxygen atoms in total. The van der Waals surface area contributed by atoms with E-state index >= 15 is 0 Å². The van der Waals surface area contributed by atoms with E-state index in [1.807, 2.05) is 0 Å². The van der Waals surface area contributed by atoms with Crippen LogP contribution in [0.5, 0.6) is 0 Å². The Morgan fingerprint density at radius 1 is 1.16 bits per heavy atom. The Bertz CT molecular complexity index is 856. The largest absolute Gasteiger partial charge is 0.388 e. The molecule has 1 aromatic heterocycles. The van der Waals surface area contributed by atoms with E-state index < -0.39 is 17.2 Å². The molecule has 2 atom stereocenters. The van der Waals surface area contributed by atoms with Crippen LogP contribution in [0.4, 0.5) is 8.78 Å². The van der Waals surface area contributed by atoms with Gasteiger partial charge in [-0.25, -0.2) is 13.5 Å². The minimum atomic E-state index is -0.986. The summed E-state index contributed by atoms with van der Waals surface area (Å²) in [6.07, 6.45) is 3.22. The predicted octanol–water partition coefficient (Wildman–Crippen LogP) is 1.83. The lowest BCUT2D eigenvalue weighted by Gasteiger charge is -2.37. The van der Waals surface area contributed by atoms with Crippen molar-refractivity contribution in [1.29, 1.82) is 0 Å². The number of nitrogens with one attached hydrogen (secondary N) is 1. The Morgan fingerprint density at radius 3 is 2.56 bits per heavy atom. The lowest BCUT2D eigenvalue weighted by atomic mass is 9.87. The van der Waals surface area contributed by atoms with E-state index in [1.165, 1.54) is 22.9 Å². The van der Waals surface area contributed by atoms with Crippen molar-refractivity contribution in [2.75, 3.05) is 0 Å². The van der Waals surface area contributed by atoms with Crippen LogP contribution in [-0.4, -0.2) is 32.6 Å². The summed E-state index contributed by atoms with van der Waals surface area (Å²) in [6.45, 7) is 0.0953. The van der Waals surface area contributed by atoms with Gasteiger partial charge in [0.05, 0.1) is 17.8 Å². The first-order chi connectivity index (χ1) is 11.9. The molecule has 2 aliphatic rings. The Kier molecular flexibility index (Phi) is 3.92. The van der Waals surface area contributed by atoms with Crippen LogP contribution >= 0.6 is 0 Å². The number of nitrogens with zero attached hydrogens (tertiary/aromatic N) is 2. The van der Waals surface area contributed by atoms with E-state index in [-0.39, 0.29) is 24.2 Å². The summed E-state index contributed by atoms with van der Waals surface area (Å²) >= 11 is 0. The molecule has 2 aromatic rings. The second kappa shape index (κ2) is 6.00. The summed E-state index contributed by atoms with van der Waals surface area (Å²) in [5.41, 5.74) is -0.574. The van der Waals surface area contributed by atoms with Crippen LogP contribution in [0.15, 0.2) is 35.1 Å². The van der Waals surface area contributed by atoms with Gasteiger partial charge in [0, 0.05) is 23.7 Å². The number of rotatable bonds is 3. The molecule has 2 aliphatic heterocycles. The molecule has 3 heterocycles. The average molecular weight is 347 g/mol. The van der Waals surface area contributed by atoms with Gasteiger partial charge in [0.1, 0.15) is 0 Å². The number of hydrogen-bond acceptors (Lipinski definition) is 4. The smallest absolute Gasteiger partial charge is 0.266 e. The molecule has 1 aromatic carbocycles. The highest BCUT2D eigenvalue weighted by molar-refractivity contribution is 5.58. The molecular formula is C18H19F2N3O2. The van der Waals surface area contributed by atoms with E-state index in [1.54, 1.807) is 0 Å². The number of piperidine rings is 1. The zero-order valence-electron chi connectivity index (χ0n) is 13.6.